The maximum atomic E-state index is 10.3. The Balaban J connectivity index is 2.08. The van der Waals surface area contributed by atoms with Crippen molar-refractivity contribution in [3.8, 4) is 0 Å². The Morgan fingerprint density at radius 2 is 2.07 bits per heavy atom. The van der Waals surface area contributed by atoms with E-state index in [4.69, 9.17) is 4.74 Å². The highest BCUT2D eigenvalue weighted by Gasteiger charge is 2.30. The number of aliphatic hydroxyl groups is 1. The summed E-state index contributed by atoms with van der Waals surface area (Å²) >= 11 is 0. The first-order chi connectivity index (χ1) is 7.16. The summed E-state index contributed by atoms with van der Waals surface area (Å²) in [5.74, 6) is 0.791. The molecule has 0 aromatic heterocycles. The molecule has 0 aliphatic heterocycles. The van der Waals surface area contributed by atoms with Crippen molar-refractivity contribution >= 4 is 0 Å². The Morgan fingerprint density at radius 3 is 2.67 bits per heavy atom. The molecule has 0 amide bonds. The van der Waals surface area contributed by atoms with E-state index >= 15 is 0 Å². The molecule has 90 valence electrons. The quantitative estimate of drug-likeness (QED) is 0.661. The number of nitrogens with one attached hydrogen (secondary N) is 1. The van der Waals surface area contributed by atoms with Gasteiger partial charge in [-0.1, -0.05) is 6.92 Å². The lowest BCUT2D eigenvalue weighted by molar-refractivity contribution is -0.00620. The average molecular weight is 215 g/mol. The standard InChI is InChI=1S/C12H25NO2/c1-11-4-6-12(14,7-5-11)10-13-8-3-9-15-2/h11,13-14H,3-10H2,1-2H3. The van der Waals surface area contributed by atoms with Crippen LogP contribution in [0.15, 0.2) is 0 Å². The van der Waals surface area contributed by atoms with Crippen LogP contribution in [0.25, 0.3) is 0 Å². The fourth-order valence-electron chi connectivity index (χ4n) is 2.14. The Hall–Kier alpha value is -0.120. The fraction of sp³-hybridized carbons (Fsp3) is 1.00. The van der Waals surface area contributed by atoms with Crippen LogP contribution in [0.2, 0.25) is 0 Å². The van der Waals surface area contributed by atoms with Gasteiger partial charge in [0.15, 0.2) is 0 Å². The van der Waals surface area contributed by atoms with Crippen molar-refractivity contribution in [1.29, 1.82) is 0 Å². The molecule has 3 heteroatoms. The summed E-state index contributed by atoms with van der Waals surface area (Å²) < 4.78 is 4.97. The molecule has 0 aromatic carbocycles. The van der Waals surface area contributed by atoms with Crippen molar-refractivity contribution in [2.45, 2.75) is 44.6 Å². The monoisotopic (exact) mass is 215 g/mol. The molecule has 2 N–H and O–H groups in total. The van der Waals surface area contributed by atoms with Gasteiger partial charge in [-0.2, -0.15) is 0 Å². The molecule has 15 heavy (non-hydrogen) atoms. The van der Waals surface area contributed by atoms with Crippen molar-refractivity contribution < 1.29 is 9.84 Å². The zero-order valence-electron chi connectivity index (χ0n) is 10.1. The Morgan fingerprint density at radius 1 is 1.40 bits per heavy atom. The fourth-order valence-corrected chi connectivity index (χ4v) is 2.14. The third kappa shape index (κ3) is 4.96. The van der Waals surface area contributed by atoms with Gasteiger partial charge in [0, 0.05) is 20.3 Å². The second kappa shape index (κ2) is 6.46. The van der Waals surface area contributed by atoms with Crippen LogP contribution < -0.4 is 5.32 Å². The summed E-state index contributed by atoms with van der Waals surface area (Å²) in [5, 5.41) is 13.6. The summed E-state index contributed by atoms with van der Waals surface area (Å²) in [5.41, 5.74) is -0.445. The molecule has 0 bridgehead atoms. The second-order valence-corrected chi connectivity index (χ2v) is 4.93. The summed E-state index contributed by atoms with van der Waals surface area (Å²) in [6, 6.07) is 0. The topological polar surface area (TPSA) is 41.5 Å². The molecule has 0 unspecified atom stereocenters. The average Bonchev–Trinajstić information content (AvgIpc) is 2.23. The van der Waals surface area contributed by atoms with E-state index in [9.17, 15) is 5.11 Å². The first-order valence-corrected chi connectivity index (χ1v) is 6.08. The maximum absolute atomic E-state index is 10.3. The predicted octanol–water partition coefficient (Wildman–Crippen LogP) is 1.55. The first kappa shape index (κ1) is 12.9. The van der Waals surface area contributed by atoms with Crippen molar-refractivity contribution in [3.05, 3.63) is 0 Å². The lowest BCUT2D eigenvalue weighted by Crippen LogP contribution is -2.43. The van der Waals surface area contributed by atoms with Crippen molar-refractivity contribution in [2.75, 3.05) is 26.8 Å². The molecule has 0 atom stereocenters. The van der Waals surface area contributed by atoms with Gasteiger partial charge in [-0.05, 0) is 44.6 Å². The van der Waals surface area contributed by atoms with E-state index in [1.807, 2.05) is 0 Å². The molecule has 1 rings (SSSR count). The minimum atomic E-state index is -0.445. The van der Waals surface area contributed by atoms with E-state index < -0.39 is 5.60 Å². The van der Waals surface area contributed by atoms with E-state index in [2.05, 4.69) is 12.2 Å². The molecule has 0 heterocycles. The van der Waals surface area contributed by atoms with Gasteiger partial charge < -0.3 is 15.2 Å². The zero-order valence-corrected chi connectivity index (χ0v) is 10.1. The smallest absolute Gasteiger partial charge is 0.0771 e. The van der Waals surface area contributed by atoms with Crippen molar-refractivity contribution in [3.63, 3.8) is 0 Å². The minimum Gasteiger partial charge on any atom is -0.389 e. The van der Waals surface area contributed by atoms with Crippen LogP contribution in [0.3, 0.4) is 0 Å². The third-order valence-electron chi connectivity index (χ3n) is 3.36. The van der Waals surface area contributed by atoms with E-state index in [0.29, 0.717) is 0 Å². The van der Waals surface area contributed by atoms with Crippen LogP contribution in [0.1, 0.15) is 39.0 Å². The highest BCUT2D eigenvalue weighted by molar-refractivity contribution is 4.86. The van der Waals surface area contributed by atoms with Gasteiger partial charge >= 0.3 is 0 Å². The minimum absolute atomic E-state index is 0.445. The lowest BCUT2D eigenvalue weighted by Gasteiger charge is -2.35. The van der Waals surface area contributed by atoms with Gasteiger partial charge in [0.05, 0.1) is 5.60 Å². The van der Waals surface area contributed by atoms with Crippen LogP contribution in [0, 0.1) is 5.92 Å². The summed E-state index contributed by atoms with van der Waals surface area (Å²) in [6.07, 6.45) is 5.24. The van der Waals surface area contributed by atoms with Crippen LogP contribution in [-0.4, -0.2) is 37.5 Å². The number of rotatable bonds is 6. The van der Waals surface area contributed by atoms with Gasteiger partial charge in [-0.15, -0.1) is 0 Å². The molecule has 0 radical (unpaired) electrons. The largest absolute Gasteiger partial charge is 0.389 e. The SMILES string of the molecule is COCCCNCC1(O)CCC(C)CC1. The van der Waals surface area contributed by atoms with Gasteiger partial charge in [0.1, 0.15) is 0 Å². The highest BCUT2D eigenvalue weighted by Crippen LogP contribution is 2.31. The highest BCUT2D eigenvalue weighted by atomic mass is 16.5. The van der Waals surface area contributed by atoms with Gasteiger partial charge in [-0.25, -0.2) is 0 Å². The Bertz CT molecular complexity index is 165. The van der Waals surface area contributed by atoms with Crippen LogP contribution in [0.4, 0.5) is 0 Å². The number of hydrogen-bond acceptors (Lipinski definition) is 3. The van der Waals surface area contributed by atoms with E-state index in [0.717, 1.165) is 57.7 Å². The van der Waals surface area contributed by atoms with Gasteiger partial charge in [0.25, 0.3) is 0 Å². The molecule has 1 saturated carbocycles. The van der Waals surface area contributed by atoms with Crippen molar-refractivity contribution in [1.82, 2.24) is 5.32 Å². The normalized spacial score (nSPS) is 31.8. The molecule has 0 spiro atoms. The molecule has 1 aliphatic rings. The second-order valence-electron chi connectivity index (χ2n) is 4.93. The van der Waals surface area contributed by atoms with Crippen LogP contribution >= 0.6 is 0 Å². The summed E-state index contributed by atoms with van der Waals surface area (Å²) in [7, 11) is 1.72. The Kier molecular flexibility index (Phi) is 5.58. The van der Waals surface area contributed by atoms with Crippen LogP contribution in [-0.2, 0) is 4.74 Å². The summed E-state index contributed by atoms with van der Waals surface area (Å²) in [4.78, 5) is 0. The van der Waals surface area contributed by atoms with Gasteiger partial charge in [0.2, 0.25) is 0 Å². The van der Waals surface area contributed by atoms with E-state index in [-0.39, 0.29) is 0 Å². The zero-order chi connectivity index (χ0) is 11.1. The summed E-state index contributed by atoms with van der Waals surface area (Å²) in [6.45, 7) is 4.74. The maximum Gasteiger partial charge on any atom is 0.0771 e. The predicted molar refractivity (Wildman–Crippen MR) is 61.9 cm³/mol. The molecular formula is C12H25NO2. The van der Waals surface area contributed by atoms with Crippen molar-refractivity contribution in [2.24, 2.45) is 5.92 Å². The number of hydrogen-bond donors (Lipinski definition) is 2. The molecular weight excluding hydrogens is 190 g/mol. The first-order valence-electron chi connectivity index (χ1n) is 6.08. The molecule has 3 nitrogen and oxygen atoms in total. The number of methoxy groups -OCH3 is 1. The third-order valence-corrected chi connectivity index (χ3v) is 3.36. The molecule has 0 saturated heterocycles. The van der Waals surface area contributed by atoms with E-state index in [1.54, 1.807) is 7.11 Å². The lowest BCUT2D eigenvalue weighted by atomic mass is 9.79. The molecule has 1 aliphatic carbocycles. The Labute approximate surface area is 93.2 Å². The molecule has 0 aromatic rings. The van der Waals surface area contributed by atoms with Crippen LogP contribution in [0.5, 0.6) is 0 Å². The van der Waals surface area contributed by atoms with E-state index in [1.165, 1.54) is 0 Å². The molecule has 1 fully saturated rings. The van der Waals surface area contributed by atoms with Gasteiger partial charge in [-0.3, -0.25) is 0 Å². The number of ether oxygens (including phenoxy) is 1.